The standard InChI is InChI=1S/C17H28N2O4/c1-4-23-17(22)14-6-5-7-18(11-14)15(20)16(21)19-9-12(2)8-13(3)10-19/h12-14H,4-11H2,1-3H3. The lowest BCUT2D eigenvalue weighted by molar-refractivity contribution is -0.157. The van der Waals surface area contributed by atoms with Gasteiger partial charge in [-0.15, -0.1) is 0 Å². The number of rotatable bonds is 2. The van der Waals surface area contributed by atoms with Crippen molar-refractivity contribution < 1.29 is 19.1 Å². The Balaban J connectivity index is 1.96. The van der Waals surface area contributed by atoms with Gasteiger partial charge in [0.2, 0.25) is 0 Å². The molecule has 23 heavy (non-hydrogen) atoms. The molecule has 2 fully saturated rings. The van der Waals surface area contributed by atoms with Crippen molar-refractivity contribution in [3.05, 3.63) is 0 Å². The molecule has 0 radical (unpaired) electrons. The first-order valence-corrected chi connectivity index (χ1v) is 8.67. The number of piperidine rings is 2. The van der Waals surface area contributed by atoms with Gasteiger partial charge in [0.15, 0.2) is 0 Å². The lowest BCUT2D eigenvalue weighted by Gasteiger charge is -2.37. The second kappa shape index (κ2) is 7.79. The molecule has 0 saturated carbocycles. The Labute approximate surface area is 138 Å². The fourth-order valence-electron chi connectivity index (χ4n) is 3.71. The predicted octanol–water partition coefficient (Wildman–Crippen LogP) is 1.29. The van der Waals surface area contributed by atoms with Gasteiger partial charge >= 0.3 is 17.8 Å². The number of esters is 1. The molecule has 3 atom stereocenters. The molecule has 0 aromatic rings. The van der Waals surface area contributed by atoms with Crippen LogP contribution in [0.4, 0.5) is 0 Å². The first-order chi connectivity index (χ1) is 10.9. The van der Waals surface area contributed by atoms with Gasteiger partial charge in [0.05, 0.1) is 12.5 Å². The SMILES string of the molecule is CCOC(=O)C1CCCN(C(=O)C(=O)N2CC(C)CC(C)C2)C1. The minimum atomic E-state index is -0.472. The van der Waals surface area contributed by atoms with E-state index >= 15 is 0 Å². The number of hydrogen-bond acceptors (Lipinski definition) is 4. The van der Waals surface area contributed by atoms with Crippen LogP contribution in [0.3, 0.4) is 0 Å². The lowest BCUT2D eigenvalue weighted by Crippen LogP contribution is -2.52. The highest BCUT2D eigenvalue weighted by Crippen LogP contribution is 2.22. The Morgan fingerprint density at radius 3 is 2.22 bits per heavy atom. The van der Waals surface area contributed by atoms with E-state index in [0.29, 0.717) is 51.0 Å². The highest BCUT2D eigenvalue weighted by molar-refractivity contribution is 6.35. The molecular formula is C17H28N2O4. The normalized spacial score (nSPS) is 28.4. The number of ether oxygens (including phenoxy) is 1. The smallest absolute Gasteiger partial charge is 0.312 e. The molecule has 2 aliphatic rings. The summed E-state index contributed by atoms with van der Waals surface area (Å²) in [6.45, 7) is 8.45. The van der Waals surface area contributed by atoms with E-state index in [1.165, 1.54) is 4.90 Å². The van der Waals surface area contributed by atoms with Crippen LogP contribution in [-0.4, -0.2) is 60.4 Å². The zero-order valence-corrected chi connectivity index (χ0v) is 14.4. The second-order valence-electron chi connectivity index (χ2n) is 7.00. The van der Waals surface area contributed by atoms with Crippen LogP contribution in [0.25, 0.3) is 0 Å². The quantitative estimate of drug-likeness (QED) is 0.567. The summed E-state index contributed by atoms with van der Waals surface area (Å²) in [5.74, 6) is -0.626. The van der Waals surface area contributed by atoms with E-state index < -0.39 is 11.8 Å². The van der Waals surface area contributed by atoms with E-state index in [2.05, 4.69) is 13.8 Å². The van der Waals surface area contributed by atoms with Crippen molar-refractivity contribution in [2.75, 3.05) is 32.8 Å². The summed E-state index contributed by atoms with van der Waals surface area (Å²) in [6, 6.07) is 0. The van der Waals surface area contributed by atoms with E-state index in [-0.39, 0.29) is 11.9 Å². The number of amides is 2. The summed E-state index contributed by atoms with van der Waals surface area (Å²) in [4.78, 5) is 40.1. The van der Waals surface area contributed by atoms with E-state index in [1.807, 2.05) is 0 Å². The molecule has 6 heteroatoms. The summed E-state index contributed by atoms with van der Waals surface area (Å²) < 4.78 is 5.04. The van der Waals surface area contributed by atoms with Gasteiger partial charge in [-0.2, -0.15) is 0 Å². The van der Waals surface area contributed by atoms with Crippen molar-refractivity contribution in [1.82, 2.24) is 9.80 Å². The van der Waals surface area contributed by atoms with Gasteiger partial charge in [0, 0.05) is 26.2 Å². The summed E-state index contributed by atoms with van der Waals surface area (Å²) >= 11 is 0. The van der Waals surface area contributed by atoms with Crippen molar-refractivity contribution >= 4 is 17.8 Å². The van der Waals surface area contributed by atoms with E-state index in [4.69, 9.17) is 4.74 Å². The molecule has 2 heterocycles. The molecular weight excluding hydrogens is 296 g/mol. The largest absolute Gasteiger partial charge is 0.466 e. The van der Waals surface area contributed by atoms with Crippen LogP contribution in [0.5, 0.6) is 0 Å². The van der Waals surface area contributed by atoms with Gasteiger partial charge in [-0.3, -0.25) is 14.4 Å². The number of carbonyl (C=O) groups is 3. The van der Waals surface area contributed by atoms with Crippen LogP contribution in [0.1, 0.15) is 40.0 Å². The molecule has 0 aliphatic carbocycles. The van der Waals surface area contributed by atoms with Crippen molar-refractivity contribution in [3.8, 4) is 0 Å². The van der Waals surface area contributed by atoms with Crippen LogP contribution in [0.2, 0.25) is 0 Å². The minimum Gasteiger partial charge on any atom is -0.466 e. The third-order valence-electron chi connectivity index (χ3n) is 4.67. The maximum Gasteiger partial charge on any atom is 0.312 e. The van der Waals surface area contributed by atoms with Crippen LogP contribution >= 0.6 is 0 Å². The average molecular weight is 324 g/mol. The molecule has 2 amide bonds. The van der Waals surface area contributed by atoms with Crippen LogP contribution in [0.15, 0.2) is 0 Å². The van der Waals surface area contributed by atoms with Crippen LogP contribution in [-0.2, 0) is 19.1 Å². The fourth-order valence-corrected chi connectivity index (χ4v) is 3.71. The Kier molecular flexibility index (Phi) is 6.02. The average Bonchev–Trinajstić information content (AvgIpc) is 2.53. The number of carbonyl (C=O) groups excluding carboxylic acids is 3. The molecule has 2 aliphatic heterocycles. The van der Waals surface area contributed by atoms with E-state index in [0.717, 1.165) is 12.8 Å². The van der Waals surface area contributed by atoms with Gasteiger partial charge in [-0.1, -0.05) is 13.8 Å². The third kappa shape index (κ3) is 4.45. The maximum absolute atomic E-state index is 12.5. The summed E-state index contributed by atoms with van der Waals surface area (Å²) in [6.07, 6.45) is 2.54. The predicted molar refractivity (Wildman–Crippen MR) is 85.5 cm³/mol. The first kappa shape index (κ1) is 17.8. The van der Waals surface area contributed by atoms with Crippen LogP contribution < -0.4 is 0 Å². The molecule has 6 nitrogen and oxygen atoms in total. The van der Waals surface area contributed by atoms with Gasteiger partial charge < -0.3 is 14.5 Å². The number of nitrogens with zero attached hydrogens (tertiary/aromatic N) is 2. The first-order valence-electron chi connectivity index (χ1n) is 8.67. The summed E-state index contributed by atoms with van der Waals surface area (Å²) in [5.41, 5.74) is 0. The number of hydrogen-bond donors (Lipinski definition) is 0. The van der Waals surface area contributed by atoms with Crippen molar-refractivity contribution in [3.63, 3.8) is 0 Å². The maximum atomic E-state index is 12.5. The van der Waals surface area contributed by atoms with Gasteiger partial charge in [0.1, 0.15) is 0 Å². The molecule has 2 saturated heterocycles. The molecule has 0 spiro atoms. The van der Waals surface area contributed by atoms with Gasteiger partial charge in [-0.05, 0) is 38.0 Å². The van der Waals surface area contributed by atoms with Crippen molar-refractivity contribution in [1.29, 1.82) is 0 Å². The number of likely N-dealkylation sites (tertiary alicyclic amines) is 2. The molecule has 130 valence electrons. The molecule has 2 rings (SSSR count). The van der Waals surface area contributed by atoms with Gasteiger partial charge in [0.25, 0.3) is 0 Å². The molecule has 0 aromatic heterocycles. The Morgan fingerprint density at radius 1 is 1.00 bits per heavy atom. The topological polar surface area (TPSA) is 66.9 Å². The highest BCUT2D eigenvalue weighted by atomic mass is 16.5. The summed E-state index contributed by atoms with van der Waals surface area (Å²) in [5, 5.41) is 0. The molecule has 0 N–H and O–H groups in total. The molecule has 0 aromatic carbocycles. The van der Waals surface area contributed by atoms with Crippen molar-refractivity contribution in [2.45, 2.75) is 40.0 Å². The Morgan fingerprint density at radius 2 is 1.61 bits per heavy atom. The molecule has 3 unspecified atom stereocenters. The Hall–Kier alpha value is -1.59. The zero-order valence-electron chi connectivity index (χ0n) is 14.4. The van der Waals surface area contributed by atoms with Gasteiger partial charge in [-0.25, -0.2) is 0 Å². The van der Waals surface area contributed by atoms with Crippen molar-refractivity contribution in [2.24, 2.45) is 17.8 Å². The Bertz CT molecular complexity index is 456. The lowest BCUT2D eigenvalue weighted by atomic mass is 9.91. The fraction of sp³-hybridized carbons (Fsp3) is 0.824. The summed E-state index contributed by atoms with van der Waals surface area (Å²) in [7, 11) is 0. The van der Waals surface area contributed by atoms with Crippen LogP contribution in [0, 0.1) is 17.8 Å². The highest BCUT2D eigenvalue weighted by Gasteiger charge is 2.35. The minimum absolute atomic E-state index is 0.266. The zero-order chi connectivity index (χ0) is 17.0. The molecule has 0 bridgehead atoms. The monoisotopic (exact) mass is 324 g/mol. The van der Waals surface area contributed by atoms with E-state index in [9.17, 15) is 14.4 Å². The van der Waals surface area contributed by atoms with E-state index in [1.54, 1.807) is 11.8 Å². The third-order valence-corrected chi connectivity index (χ3v) is 4.67. The second-order valence-corrected chi connectivity index (χ2v) is 7.00.